The first-order chi connectivity index (χ1) is 15.8. The molecule has 0 bridgehead atoms. The molecule has 2 heterocycles. The van der Waals surface area contributed by atoms with Gasteiger partial charge in [-0.25, -0.2) is 22.5 Å². The van der Waals surface area contributed by atoms with E-state index >= 15 is 0 Å². The summed E-state index contributed by atoms with van der Waals surface area (Å²) >= 11 is 0. The van der Waals surface area contributed by atoms with Gasteiger partial charge in [-0.2, -0.15) is 13.2 Å². The Labute approximate surface area is 195 Å². The van der Waals surface area contributed by atoms with Gasteiger partial charge in [0.05, 0.1) is 12.2 Å². The van der Waals surface area contributed by atoms with Gasteiger partial charge in [0.25, 0.3) is 0 Å². The molecule has 1 saturated heterocycles. The summed E-state index contributed by atoms with van der Waals surface area (Å²) in [5.74, 6) is -1.64. The molecular weight excluding hydrogens is 476 g/mol. The smallest absolute Gasteiger partial charge is 0.356 e. The van der Waals surface area contributed by atoms with E-state index < -0.39 is 39.5 Å². The van der Waals surface area contributed by atoms with Gasteiger partial charge < -0.3 is 10.2 Å². The fraction of sp³-hybridized carbons (Fsp3) is 0.455. The number of hydrogen-bond donors (Lipinski definition) is 2. The monoisotopic (exact) mass is 502 g/mol. The fourth-order valence-corrected chi connectivity index (χ4v) is 4.07. The lowest BCUT2D eigenvalue weighted by Gasteiger charge is -2.22. The number of alkyl halides is 3. The number of sulfonamides is 1. The van der Waals surface area contributed by atoms with Crippen molar-refractivity contribution in [3.8, 4) is 0 Å². The van der Waals surface area contributed by atoms with Gasteiger partial charge in [-0.15, -0.1) is 0 Å². The van der Waals surface area contributed by atoms with E-state index in [1.807, 2.05) is 0 Å². The molecule has 34 heavy (non-hydrogen) atoms. The Balaban J connectivity index is 1.71. The van der Waals surface area contributed by atoms with E-state index in [4.69, 9.17) is 0 Å². The molecule has 1 aromatic heterocycles. The summed E-state index contributed by atoms with van der Waals surface area (Å²) in [6, 6.07) is 6.31. The summed E-state index contributed by atoms with van der Waals surface area (Å²) in [5.41, 5.74) is -0.0149. The number of rotatable bonds is 8. The van der Waals surface area contributed by atoms with Crippen molar-refractivity contribution in [3.63, 3.8) is 0 Å². The molecule has 3 rings (SSSR count). The first kappa shape index (κ1) is 25.9. The zero-order valence-electron chi connectivity index (χ0n) is 18.7. The van der Waals surface area contributed by atoms with Crippen molar-refractivity contribution < 1.29 is 30.8 Å². The van der Waals surface area contributed by atoms with Gasteiger partial charge in [-0.05, 0) is 37.5 Å². The van der Waals surface area contributed by atoms with E-state index in [1.165, 1.54) is 24.3 Å². The lowest BCUT2D eigenvalue weighted by Crippen LogP contribution is -2.30. The summed E-state index contributed by atoms with van der Waals surface area (Å²) < 4.78 is 78.4. The number of pyridine rings is 1. The maximum absolute atomic E-state index is 14.4. The first-order valence-corrected chi connectivity index (χ1v) is 12.6. The van der Waals surface area contributed by atoms with Crippen molar-refractivity contribution in [2.24, 2.45) is 0 Å². The predicted octanol–water partition coefficient (Wildman–Crippen LogP) is 3.31. The maximum atomic E-state index is 14.4. The highest BCUT2D eigenvalue weighted by Crippen LogP contribution is 2.32. The molecule has 1 atom stereocenters. The molecule has 1 aromatic carbocycles. The summed E-state index contributed by atoms with van der Waals surface area (Å²) in [6.07, 6.45) is -1.91. The number of benzene rings is 1. The van der Waals surface area contributed by atoms with Crippen molar-refractivity contribution in [1.29, 1.82) is 0 Å². The molecule has 0 aliphatic carbocycles. The van der Waals surface area contributed by atoms with Crippen molar-refractivity contribution in [3.05, 3.63) is 58.5 Å². The van der Waals surface area contributed by atoms with E-state index in [9.17, 15) is 30.8 Å². The Morgan fingerprint density at radius 1 is 1.12 bits per heavy atom. The Bertz CT molecular complexity index is 1150. The number of halogens is 4. The lowest BCUT2D eigenvalue weighted by molar-refractivity contribution is -0.141. The molecule has 2 aromatic rings. The van der Waals surface area contributed by atoms with Crippen LogP contribution in [0.4, 0.5) is 23.4 Å². The van der Waals surface area contributed by atoms with E-state index in [0.717, 1.165) is 25.2 Å². The third-order valence-electron chi connectivity index (χ3n) is 5.60. The highest BCUT2D eigenvalue weighted by molar-refractivity contribution is 7.88. The Morgan fingerprint density at radius 2 is 1.76 bits per heavy atom. The topological polar surface area (TPSA) is 91.4 Å². The fourth-order valence-electron chi connectivity index (χ4n) is 3.65. The second kappa shape index (κ2) is 10.3. The first-order valence-electron chi connectivity index (χ1n) is 10.7. The minimum atomic E-state index is -4.57. The number of amides is 1. The number of aromatic nitrogens is 1. The van der Waals surface area contributed by atoms with Crippen LogP contribution in [0.5, 0.6) is 0 Å². The predicted molar refractivity (Wildman–Crippen MR) is 119 cm³/mol. The van der Waals surface area contributed by atoms with Crippen LogP contribution >= 0.6 is 0 Å². The van der Waals surface area contributed by atoms with Crippen LogP contribution in [0.1, 0.15) is 48.1 Å². The average Bonchev–Trinajstić information content (AvgIpc) is 3.29. The van der Waals surface area contributed by atoms with Crippen molar-refractivity contribution >= 4 is 21.7 Å². The Hall–Kier alpha value is -2.73. The van der Waals surface area contributed by atoms with Gasteiger partial charge in [-0.1, -0.05) is 18.2 Å². The van der Waals surface area contributed by atoms with E-state index in [2.05, 4.69) is 15.0 Å². The molecule has 1 amide bonds. The van der Waals surface area contributed by atoms with Gasteiger partial charge in [0.1, 0.15) is 17.3 Å². The standard InChI is InChI=1S/C22H26F4N4O3S/c1-14(15-5-6-16(18(23)11-15)13-28-34(2,32)33)21(31)27-12-17-7-8-19(22(24,25)26)29-20(17)30-9-3-4-10-30/h5-8,11,14,28H,3-4,9-10,12-13H2,1-2H3,(H,27,31). The van der Waals surface area contributed by atoms with E-state index in [0.29, 0.717) is 24.2 Å². The van der Waals surface area contributed by atoms with Crippen LogP contribution < -0.4 is 14.9 Å². The molecule has 1 aliphatic heterocycles. The summed E-state index contributed by atoms with van der Waals surface area (Å²) in [7, 11) is -3.49. The van der Waals surface area contributed by atoms with Crippen LogP contribution in [0.3, 0.4) is 0 Å². The van der Waals surface area contributed by atoms with Gasteiger partial charge in [-0.3, -0.25) is 4.79 Å². The second-order valence-electron chi connectivity index (χ2n) is 8.25. The number of nitrogens with one attached hydrogen (secondary N) is 2. The van der Waals surface area contributed by atoms with Gasteiger partial charge in [0, 0.05) is 37.3 Å². The van der Waals surface area contributed by atoms with Gasteiger partial charge in [0.2, 0.25) is 15.9 Å². The summed E-state index contributed by atoms with van der Waals surface area (Å²) in [6.45, 7) is 2.51. The minimum absolute atomic E-state index is 0.0288. The van der Waals surface area contributed by atoms with Crippen LogP contribution in [0.25, 0.3) is 0 Å². The molecule has 186 valence electrons. The zero-order chi connectivity index (χ0) is 25.1. The molecule has 1 fully saturated rings. The summed E-state index contributed by atoms with van der Waals surface area (Å²) in [4.78, 5) is 18.3. The molecule has 1 unspecified atom stereocenters. The second-order valence-corrected chi connectivity index (χ2v) is 10.1. The molecule has 12 heteroatoms. The van der Waals surface area contributed by atoms with Crippen LogP contribution in [0, 0.1) is 5.82 Å². The largest absolute Gasteiger partial charge is 0.433 e. The molecule has 0 radical (unpaired) electrons. The van der Waals surface area contributed by atoms with Gasteiger partial charge in [0.15, 0.2) is 0 Å². The maximum Gasteiger partial charge on any atom is 0.433 e. The molecule has 0 spiro atoms. The number of hydrogen-bond acceptors (Lipinski definition) is 5. The molecule has 2 N–H and O–H groups in total. The number of anilines is 1. The zero-order valence-corrected chi connectivity index (χ0v) is 19.6. The van der Waals surface area contributed by atoms with E-state index in [1.54, 1.807) is 11.8 Å². The van der Waals surface area contributed by atoms with Crippen LogP contribution in [0.2, 0.25) is 0 Å². The molecule has 0 saturated carbocycles. The third-order valence-corrected chi connectivity index (χ3v) is 6.27. The van der Waals surface area contributed by atoms with Crippen LogP contribution in [0.15, 0.2) is 30.3 Å². The SMILES string of the molecule is CC(C(=O)NCc1ccc(C(F)(F)F)nc1N1CCCC1)c1ccc(CNS(C)(=O)=O)c(F)c1. The van der Waals surface area contributed by atoms with Crippen LogP contribution in [-0.2, 0) is 34.1 Å². The summed E-state index contributed by atoms with van der Waals surface area (Å²) in [5, 5.41) is 2.70. The van der Waals surface area contributed by atoms with Crippen molar-refractivity contribution in [1.82, 2.24) is 15.0 Å². The number of nitrogens with zero attached hydrogens (tertiary/aromatic N) is 2. The van der Waals surface area contributed by atoms with Crippen molar-refractivity contribution in [2.75, 3.05) is 24.2 Å². The van der Waals surface area contributed by atoms with Crippen LogP contribution in [-0.4, -0.2) is 38.7 Å². The highest BCUT2D eigenvalue weighted by atomic mass is 32.2. The highest BCUT2D eigenvalue weighted by Gasteiger charge is 2.34. The Kier molecular flexibility index (Phi) is 7.81. The lowest BCUT2D eigenvalue weighted by atomic mass is 9.98. The van der Waals surface area contributed by atoms with Gasteiger partial charge >= 0.3 is 6.18 Å². The number of carbonyl (C=O) groups is 1. The molecule has 7 nitrogen and oxygen atoms in total. The van der Waals surface area contributed by atoms with E-state index in [-0.39, 0.29) is 24.5 Å². The quantitative estimate of drug-likeness (QED) is 0.541. The Morgan fingerprint density at radius 3 is 2.35 bits per heavy atom. The normalized spacial score (nSPS) is 15.4. The van der Waals surface area contributed by atoms with Crippen molar-refractivity contribution in [2.45, 2.75) is 44.9 Å². The minimum Gasteiger partial charge on any atom is -0.356 e. The third kappa shape index (κ3) is 6.66. The average molecular weight is 503 g/mol. The molecular formula is C22H26F4N4O3S. The molecule has 1 aliphatic rings. The number of carbonyl (C=O) groups excluding carboxylic acids is 1.